The zero-order valence-corrected chi connectivity index (χ0v) is 54.1. The van der Waals surface area contributed by atoms with E-state index < -0.39 is 75.3 Å². The van der Waals surface area contributed by atoms with E-state index >= 15 is 0 Å². The predicted octanol–water partition coefficient (Wildman–Crippen LogP) is 13.0. The number of carbonyl (C=O) groups excluding carboxylic acids is 1. The Morgan fingerprint density at radius 3 is 2.37 bits per heavy atom. The van der Waals surface area contributed by atoms with Crippen molar-refractivity contribution in [1.82, 2.24) is 24.4 Å². The van der Waals surface area contributed by atoms with E-state index in [0.717, 1.165) is 82.1 Å². The number of amides is 1. The number of aryl methyl sites for hydroxylation is 2. The number of alkyl halides is 9. The molecule has 3 N–H and O–H groups in total. The number of likely N-dealkylation sites (N-methyl/N-ethyl adjacent to an activating group) is 1. The van der Waals surface area contributed by atoms with Gasteiger partial charge in [-0.2, -0.15) is 44.8 Å². The number of carbonyl (C=O) groups is 1. The topological polar surface area (TPSA) is 181 Å². The summed E-state index contributed by atoms with van der Waals surface area (Å²) in [5, 5.41) is 17.0. The molecule has 87 heavy (non-hydrogen) atoms. The summed E-state index contributed by atoms with van der Waals surface area (Å²) in [5.74, 6) is 2.88. The molecule has 3 aliphatic carbocycles. The number of aliphatic hydroxyl groups is 1. The molecule has 15 nitrogen and oxygen atoms in total. The molecule has 0 spiro atoms. The Balaban J connectivity index is 0.00000713. The second-order valence-electron chi connectivity index (χ2n) is 24.7. The number of aromatic amines is 1. The second kappa shape index (κ2) is 32.4. The van der Waals surface area contributed by atoms with Crippen LogP contribution >= 0.6 is 29.9 Å². The summed E-state index contributed by atoms with van der Waals surface area (Å²) >= 11 is 0. The van der Waals surface area contributed by atoms with Gasteiger partial charge < -0.3 is 38.8 Å². The van der Waals surface area contributed by atoms with E-state index in [1.54, 1.807) is 0 Å². The largest absolute Gasteiger partial charge is 0.494 e. The van der Waals surface area contributed by atoms with Crippen LogP contribution in [0, 0.1) is 28.6 Å². The summed E-state index contributed by atoms with van der Waals surface area (Å²) in [6.07, 6.45) is -9.53. The van der Waals surface area contributed by atoms with Crippen molar-refractivity contribution in [2.24, 2.45) is 17.3 Å². The molecule has 0 radical (unpaired) electrons. The van der Waals surface area contributed by atoms with Crippen LogP contribution in [0.25, 0.3) is 0 Å². The van der Waals surface area contributed by atoms with Crippen LogP contribution in [0.1, 0.15) is 170 Å². The highest BCUT2D eigenvalue weighted by Gasteiger charge is 2.85. The first-order chi connectivity index (χ1) is 41.9. The number of hydrogen-bond donors (Lipinski definition) is 3. The van der Waals surface area contributed by atoms with Gasteiger partial charge in [0, 0.05) is 80.8 Å². The Kier molecular flexibility index (Phi) is 26.6. The molecule has 2 saturated carbocycles. The van der Waals surface area contributed by atoms with E-state index in [-0.39, 0.29) is 78.8 Å². The predicted molar refractivity (Wildman–Crippen MR) is 322 cm³/mol. The molecule has 4 aliphatic rings. The Morgan fingerprint density at radius 1 is 1.01 bits per heavy atom. The molecule has 1 aromatic carbocycles. The number of nitriles is 1. The average Bonchev–Trinajstić information content (AvgIpc) is 1.42. The van der Waals surface area contributed by atoms with Gasteiger partial charge in [-0.25, -0.2) is 4.79 Å². The van der Waals surface area contributed by atoms with Crippen LogP contribution in [0.2, 0.25) is 0 Å². The lowest BCUT2D eigenvalue weighted by molar-refractivity contribution is -0.457. The van der Waals surface area contributed by atoms with Gasteiger partial charge in [0.15, 0.2) is 0 Å². The number of benzene rings is 1. The molecule has 1 saturated heterocycles. The minimum atomic E-state index is -6.77. The van der Waals surface area contributed by atoms with Gasteiger partial charge in [-0.15, -0.1) is 0 Å². The molecule has 9 atom stereocenters. The Bertz CT molecular complexity index is 2650. The number of aliphatic hydroxyl groups excluding tert-OH is 1. The first-order valence-corrected chi connectivity index (χ1v) is 33.7. The van der Waals surface area contributed by atoms with E-state index in [4.69, 9.17) is 26.6 Å². The standard InChI is InChI=1S/C59H88F9N6O9PS2.CH4/c1-38(2)74(39(3)4)84(32-13-25-69)83-47-35-51(82-48(47)37-75)73-36-41(52(77)71-53(73)78)15-21-50(76)70-26-11-9-10-12-33-85-86-54(5,6)24-29-79-42-16-18-43-40(34-42)14-17-45-44(43)22-23-55(7)46(45)19-20-49(55)80-30-27-72(8)28-31-81-56(57(60,61)62,58(63,64)65)59(66,67)68;/h16,18,34,36,38-39,44-49,51,75H,9-15,17,19-24,26-33,35,37H2,1-8H3,(H,70,76)(H,71,77,78);1H4/t44?,45?,46-,47-,48+,49-,51+,55-,84?;/m0./s1/i75D;1T. The Hall–Kier alpha value is -3.12. The molecule has 6 rings (SSSR count). The molecule has 1 aromatic heterocycles. The molecular weight excluding hydrogens is 1210 g/mol. The van der Waals surface area contributed by atoms with Gasteiger partial charge in [-0.1, -0.05) is 54.8 Å². The van der Waals surface area contributed by atoms with E-state index in [1.807, 2.05) is 21.6 Å². The van der Waals surface area contributed by atoms with Crippen molar-refractivity contribution in [3.8, 4) is 11.8 Å². The van der Waals surface area contributed by atoms with Gasteiger partial charge in [0.2, 0.25) is 7.34 Å². The fourth-order valence-electron chi connectivity index (χ4n) is 13.0. The first-order valence-electron chi connectivity index (χ1n) is 31.4. The van der Waals surface area contributed by atoms with Crippen molar-refractivity contribution < 1.29 is 74.3 Å². The monoisotopic (exact) mass is 1310 g/mol. The maximum absolute atomic E-state index is 13.3. The Labute approximate surface area is 518 Å². The smallest absolute Gasteiger partial charge is 0.435 e. The number of rotatable bonds is 34. The summed E-state index contributed by atoms with van der Waals surface area (Å²) in [7, 11) is 5.10. The number of H-pyrrole nitrogens is 1. The van der Waals surface area contributed by atoms with Crippen molar-refractivity contribution in [1.29, 1.82) is 6.69 Å². The van der Waals surface area contributed by atoms with Crippen LogP contribution < -0.4 is 21.3 Å². The summed E-state index contributed by atoms with van der Waals surface area (Å²) in [6.45, 7) is 14.0. The molecule has 1 aliphatic heterocycles. The number of aromatic nitrogens is 2. The summed E-state index contributed by atoms with van der Waals surface area (Å²) in [4.78, 5) is 42.4. The number of nitrogens with one attached hydrogen (secondary N) is 2. The van der Waals surface area contributed by atoms with Crippen molar-refractivity contribution >= 4 is 35.8 Å². The number of ether oxygens (including phenoxy) is 4. The van der Waals surface area contributed by atoms with Crippen molar-refractivity contribution in [3.63, 3.8) is 0 Å². The summed E-state index contributed by atoms with van der Waals surface area (Å²) in [6, 6.07) is 8.95. The Morgan fingerprint density at radius 2 is 1.70 bits per heavy atom. The van der Waals surface area contributed by atoms with Gasteiger partial charge in [0.05, 0.1) is 44.7 Å². The van der Waals surface area contributed by atoms with Crippen LogP contribution in [0.4, 0.5) is 39.5 Å². The lowest BCUT2D eigenvalue weighted by Crippen LogP contribution is -2.68. The van der Waals surface area contributed by atoms with Crippen LogP contribution in [-0.4, -0.2) is 156 Å². The molecule has 3 unspecified atom stereocenters. The molecule has 496 valence electrons. The van der Waals surface area contributed by atoms with E-state index in [9.17, 15) is 59.2 Å². The first kappa shape index (κ1) is 71.3. The minimum Gasteiger partial charge on any atom is -0.494 e. The van der Waals surface area contributed by atoms with Gasteiger partial charge in [-0.3, -0.25) is 23.8 Å². The van der Waals surface area contributed by atoms with Crippen LogP contribution in [0.5, 0.6) is 5.75 Å². The second-order valence-corrected chi connectivity index (χ2v) is 29.6. The highest BCUT2D eigenvalue weighted by molar-refractivity contribution is 8.77. The fourth-order valence-corrected chi connectivity index (χ4v) is 18.0. The zero-order chi connectivity index (χ0) is 66.1. The maximum atomic E-state index is 13.3. The van der Waals surface area contributed by atoms with Crippen molar-refractivity contribution in [3.05, 3.63) is 61.9 Å². The number of fused-ring (bicyclic) bond motifs is 5. The third-order valence-corrected chi connectivity index (χ3v) is 23.4. The number of unbranched alkanes of at least 4 members (excludes halogenated alkanes) is 3. The normalized spacial score (nSPS) is 24.0. The molecule has 1 amide bonds. The SMILES string of the molecule is [2H]OC[C@H]1O[C@@H](n2cc(CCC(=O)NCCCCCCSSC(C)(C)CCOc3ccc4c(c3)CCC3C4CC[C@]4(C)[C@@H](OCCN(C)CCOC(C(F)(F)F)(C(F)(F)F)C(F)(F)F)CC[C@@H]34)c(=O)[nH]c2=O)C[C@@H]1OP(CCC#N)N(C(C)C)C(C)C.[3H]C. The molecule has 27 heteroatoms. The molecule has 2 heterocycles. The molecule has 2 aromatic rings. The number of hydrogen-bond acceptors (Lipinski definition) is 14. The van der Waals surface area contributed by atoms with Gasteiger partial charge >= 0.3 is 29.8 Å². The lowest BCUT2D eigenvalue weighted by Gasteiger charge is -2.50. The highest BCUT2D eigenvalue weighted by atomic mass is 33.1. The van der Waals surface area contributed by atoms with Crippen molar-refractivity contribution in [2.75, 3.05) is 65.0 Å². The van der Waals surface area contributed by atoms with E-state index in [2.05, 4.69) is 92.4 Å². The van der Waals surface area contributed by atoms with Crippen LogP contribution in [0.15, 0.2) is 34.0 Å². The van der Waals surface area contributed by atoms with Crippen LogP contribution in [-0.2, 0) is 36.4 Å². The molecule has 3 fully saturated rings. The van der Waals surface area contributed by atoms with Crippen LogP contribution in [0.3, 0.4) is 0 Å². The summed E-state index contributed by atoms with van der Waals surface area (Å²) < 4.78 is 165. The third-order valence-electron chi connectivity index (χ3n) is 17.4. The number of halogens is 9. The average molecular weight is 1310 g/mol. The third kappa shape index (κ3) is 19.0. The highest BCUT2D eigenvalue weighted by Crippen LogP contribution is 2.62. The summed E-state index contributed by atoms with van der Waals surface area (Å²) in [5.41, 5.74) is -4.73. The zero-order valence-electron chi connectivity index (χ0n) is 53.6. The van der Waals surface area contributed by atoms with E-state index in [0.29, 0.717) is 43.5 Å². The molecule has 0 bridgehead atoms. The quantitative estimate of drug-likeness (QED) is 0.0261. The maximum Gasteiger partial charge on any atom is 0.435 e. The number of nitrogens with zero attached hydrogens (tertiary/aromatic N) is 4. The molecular formula is C60H92F9N6O9PS2. The van der Waals surface area contributed by atoms with Gasteiger partial charge in [-0.05, 0) is 159 Å². The lowest BCUT2D eigenvalue weighted by atomic mass is 9.55. The van der Waals surface area contributed by atoms with Gasteiger partial charge in [0.25, 0.3) is 5.56 Å². The van der Waals surface area contributed by atoms with E-state index in [1.165, 1.54) is 41.2 Å². The van der Waals surface area contributed by atoms with Gasteiger partial charge in [0.1, 0.15) is 26.4 Å². The van der Waals surface area contributed by atoms with Crippen molar-refractivity contribution in [2.45, 2.75) is 224 Å². The fraction of sp³-hybridized carbons (Fsp3) is 0.800. The minimum absolute atomic E-state index is 0.0234.